The molecular formula is C22H17N3O4. The highest BCUT2D eigenvalue weighted by atomic mass is 16.3. The van der Waals surface area contributed by atoms with Gasteiger partial charge in [-0.05, 0) is 29.8 Å². The summed E-state index contributed by atoms with van der Waals surface area (Å²) in [5.74, 6) is -0.117. The Hall–Kier alpha value is -3.84. The standard InChI is InChI=1S/C22H17N3O4/c26-14-19(27)16-10-8-15(9-11-16)13-24-18-6-2-1-5-17(18)21(28)25(22(24)29)20-7-3-4-12-23-20/h1-12,26H,13-14H2. The summed E-state index contributed by atoms with van der Waals surface area (Å²) < 4.78 is 2.57. The fourth-order valence-electron chi connectivity index (χ4n) is 3.23. The van der Waals surface area contributed by atoms with Gasteiger partial charge in [0.05, 0.1) is 17.4 Å². The number of ketones is 1. The Morgan fingerprint density at radius 1 is 0.931 bits per heavy atom. The van der Waals surface area contributed by atoms with Crippen LogP contribution in [0.3, 0.4) is 0 Å². The van der Waals surface area contributed by atoms with E-state index in [1.807, 2.05) is 0 Å². The molecule has 2 aromatic carbocycles. The van der Waals surface area contributed by atoms with Gasteiger partial charge >= 0.3 is 5.69 Å². The smallest absolute Gasteiger partial charge is 0.337 e. The van der Waals surface area contributed by atoms with Crippen LogP contribution in [0.15, 0.2) is 82.5 Å². The second kappa shape index (κ2) is 7.65. The molecule has 2 aromatic heterocycles. The van der Waals surface area contributed by atoms with Crippen LogP contribution in [0.4, 0.5) is 0 Å². The zero-order valence-electron chi connectivity index (χ0n) is 15.4. The number of benzene rings is 2. The summed E-state index contributed by atoms with van der Waals surface area (Å²) in [6.45, 7) is -0.349. The van der Waals surface area contributed by atoms with Gasteiger partial charge < -0.3 is 5.11 Å². The first-order valence-corrected chi connectivity index (χ1v) is 8.99. The van der Waals surface area contributed by atoms with Crippen molar-refractivity contribution in [1.82, 2.24) is 14.1 Å². The van der Waals surface area contributed by atoms with Gasteiger partial charge in [-0.25, -0.2) is 14.3 Å². The lowest BCUT2D eigenvalue weighted by atomic mass is 10.1. The SMILES string of the molecule is O=C(CO)c1ccc(Cn2c(=O)n(-c3ccccn3)c(=O)c3ccccc32)cc1. The third-order valence-electron chi connectivity index (χ3n) is 4.69. The fourth-order valence-corrected chi connectivity index (χ4v) is 3.23. The lowest BCUT2D eigenvalue weighted by molar-refractivity contribution is 0.0903. The van der Waals surface area contributed by atoms with Crippen LogP contribution in [-0.2, 0) is 6.54 Å². The fraction of sp³-hybridized carbons (Fsp3) is 0.0909. The number of pyridine rings is 1. The maximum Gasteiger partial charge on any atom is 0.337 e. The third-order valence-corrected chi connectivity index (χ3v) is 4.69. The van der Waals surface area contributed by atoms with Gasteiger partial charge in [-0.1, -0.05) is 42.5 Å². The summed E-state index contributed by atoms with van der Waals surface area (Å²) in [7, 11) is 0. The molecular weight excluding hydrogens is 370 g/mol. The lowest BCUT2D eigenvalue weighted by Crippen LogP contribution is -2.39. The van der Waals surface area contributed by atoms with Gasteiger partial charge in [0.2, 0.25) is 0 Å². The molecule has 0 saturated carbocycles. The molecule has 0 saturated heterocycles. The second-order valence-corrected chi connectivity index (χ2v) is 6.49. The van der Waals surface area contributed by atoms with Crippen molar-refractivity contribution in [3.05, 3.63) is 105 Å². The number of para-hydroxylation sites is 1. The number of aliphatic hydroxyl groups excluding tert-OH is 1. The molecule has 0 aliphatic heterocycles. The molecule has 7 heteroatoms. The number of carbonyl (C=O) groups excluding carboxylic acids is 1. The summed E-state index contributed by atoms with van der Waals surface area (Å²) in [6.07, 6.45) is 1.53. The summed E-state index contributed by atoms with van der Waals surface area (Å²) in [6, 6.07) is 18.6. The Labute approximate surface area is 165 Å². The Morgan fingerprint density at radius 3 is 2.34 bits per heavy atom. The summed E-state index contributed by atoms with van der Waals surface area (Å²) in [4.78, 5) is 41.9. The van der Waals surface area contributed by atoms with Crippen molar-refractivity contribution in [3.63, 3.8) is 0 Å². The van der Waals surface area contributed by atoms with E-state index in [2.05, 4.69) is 4.98 Å². The molecule has 2 heterocycles. The van der Waals surface area contributed by atoms with Crippen molar-refractivity contribution in [3.8, 4) is 5.82 Å². The molecule has 0 unspecified atom stereocenters. The van der Waals surface area contributed by atoms with Gasteiger partial charge in [-0.2, -0.15) is 0 Å². The molecule has 0 atom stereocenters. The van der Waals surface area contributed by atoms with Crippen molar-refractivity contribution in [2.75, 3.05) is 6.61 Å². The molecule has 0 aliphatic carbocycles. The molecule has 1 N–H and O–H groups in total. The molecule has 4 aromatic rings. The predicted molar refractivity (Wildman–Crippen MR) is 109 cm³/mol. The summed E-state index contributed by atoms with van der Waals surface area (Å²) in [5.41, 5.74) is 0.766. The number of hydrogen-bond donors (Lipinski definition) is 1. The number of aromatic nitrogens is 3. The van der Waals surface area contributed by atoms with Gasteiger partial charge in [-0.15, -0.1) is 0 Å². The summed E-state index contributed by atoms with van der Waals surface area (Å²) in [5, 5.41) is 9.39. The van der Waals surface area contributed by atoms with Gasteiger partial charge in [0.1, 0.15) is 12.4 Å². The largest absolute Gasteiger partial charge is 0.388 e. The first kappa shape index (κ1) is 18.5. The molecule has 29 heavy (non-hydrogen) atoms. The van der Waals surface area contributed by atoms with Crippen LogP contribution in [0.2, 0.25) is 0 Å². The highest BCUT2D eigenvalue weighted by Gasteiger charge is 2.15. The zero-order chi connectivity index (χ0) is 20.4. The minimum atomic E-state index is -0.557. The first-order valence-electron chi connectivity index (χ1n) is 8.99. The van der Waals surface area contributed by atoms with Crippen LogP contribution in [0.1, 0.15) is 15.9 Å². The lowest BCUT2D eigenvalue weighted by Gasteiger charge is -2.14. The van der Waals surface area contributed by atoms with Crippen molar-refractivity contribution in [2.24, 2.45) is 0 Å². The van der Waals surface area contributed by atoms with Gasteiger partial charge in [0.25, 0.3) is 5.56 Å². The molecule has 0 aliphatic rings. The van der Waals surface area contributed by atoms with Gasteiger partial charge in [0, 0.05) is 11.8 Å². The third kappa shape index (κ3) is 3.39. The molecule has 0 radical (unpaired) electrons. The average molecular weight is 387 g/mol. The number of Topliss-reactive ketones (excluding diaryl/α,β-unsaturated/α-hetero) is 1. The van der Waals surface area contributed by atoms with Gasteiger partial charge in [0.15, 0.2) is 5.78 Å². The maximum atomic E-state index is 13.2. The van der Waals surface area contributed by atoms with Crippen molar-refractivity contribution >= 4 is 16.7 Å². The summed E-state index contributed by atoms with van der Waals surface area (Å²) >= 11 is 0. The number of rotatable bonds is 5. The monoisotopic (exact) mass is 387 g/mol. The Balaban J connectivity index is 1.89. The number of fused-ring (bicyclic) bond motifs is 1. The molecule has 0 fully saturated rings. The molecule has 0 amide bonds. The Kier molecular flexibility index (Phi) is 4.88. The minimum Gasteiger partial charge on any atom is -0.388 e. The van der Waals surface area contributed by atoms with Crippen molar-refractivity contribution < 1.29 is 9.90 Å². The quantitative estimate of drug-likeness (QED) is 0.527. The van der Waals surface area contributed by atoms with E-state index >= 15 is 0 Å². The molecule has 7 nitrogen and oxygen atoms in total. The molecule has 0 bridgehead atoms. The average Bonchev–Trinajstić information content (AvgIpc) is 2.77. The van der Waals surface area contributed by atoms with E-state index in [9.17, 15) is 14.4 Å². The van der Waals surface area contributed by atoms with Crippen LogP contribution in [0, 0.1) is 0 Å². The maximum absolute atomic E-state index is 13.2. The van der Waals surface area contributed by atoms with Gasteiger partial charge in [-0.3, -0.25) is 14.2 Å². The van der Waals surface area contributed by atoms with Crippen molar-refractivity contribution in [2.45, 2.75) is 6.54 Å². The van der Waals surface area contributed by atoms with Crippen LogP contribution < -0.4 is 11.2 Å². The highest BCUT2D eigenvalue weighted by Crippen LogP contribution is 2.12. The minimum absolute atomic E-state index is 0.208. The normalized spacial score (nSPS) is 10.9. The van der Waals surface area contributed by atoms with Crippen LogP contribution >= 0.6 is 0 Å². The zero-order valence-corrected chi connectivity index (χ0v) is 15.4. The molecule has 0 spiro atoms. The van der Waals surface area contributed by atoms with Crippen LogP contribution in [-0.4, -0.2) is 31.6 Å². The number of aliphatic hydroxyl groups is 1. The van der Waals surface area contributed by atoms with E-state index in [-0.39, 0.29) is 18.1 Å². The Morgan fingerprint density at radius 2 is 1.66 bits per heavy atom. The first-order chi connectivity index (χ1) is 14.1. The van der Waals surface area contributed by atoms with Crippen molar-refractivity contribution in [1.29, 1.82) is 0 Å². The Bertz CT molecular complexity index is 1310. The number of carbonyl (C=O) groups is 1. The van der Waals surface area contributed by atoms with E-state index in [4.69, 9.17) is 5.11 Å². The van der Waals surface area contributed by atoms with E-state index < -0.39 is 17.9 Å². The molecule has 144 valence electrons. The second-order valence-electron chi connectivity index (χ2n) is 6.49. The number of nitrogens with zero attached hydrogens (tertiary/aromatic N) is 3. The van der Waals surface area contributed by atoms with Crippen LogP contribution in [0.25, 0.3) is 16.7 Å². The predicted octanol–water partition coefficient (Wildman–Crippen LogP) is 1.77. The van der Waals surface area contributed by atoms with E-state index in [0.29, 0.717) is 16.5 Å². The van der Waals surface area contributed by atoms with E-state index in [1.165, 1.54) is 10.8 Å². The molecule has 4 rings (SSSR count). The van der Waals surface area contributed by atoms with E-state index in [1.54, 1.807) is 66.7 Å². The topological polar surface area (TPSA) is 94.2 Å². The highest BCUT2D eigenvalue weighted by molar-refractivity contribution is 5.96. The number of hydrogen-bond acceptors (Lipinski definition) is 5. The van der Waals surface area contributed by atoms with E-state index in [0.717, 1.165) is 10.1 Å². The van der Waals surface area contributed by atoms with Crippen LogP contribution in [0.5, 0.6) is 0 Å².